The smallest absolute Gasteiger partial charge is 0.311 e. The first-order valence-corrected chi connectivity index (χ1v) is 4.47. The Kier molecular flexibility index (Phi) is 2.59. The molecule has 1 aliphatic carbocycles. The van der Waals surface area contributed by atoms with Crippen molar-refractivity contribution in [3.63, 3.8) is 0 Å². The van der Waals surface area contributed by atoms with Gasteiger partial charge in [0.25, 0.3) is 0 Å². The highest BCUT2D eigenvalue weighted by atomic mass is 16.4. The van der Waals surface area contributed by atoms with Crippen LogP contribution in [0.15, 0.2) is 0 Å². The molecule has 1 rings (SSSR count). The molecular weight excluding hydrogens is 170 g/mol. The summed E-state index contributed by atoms with van der Waals surface area (Å²) in [7, 11) is 0. The van der Waals surface area contributed by atoms with Gasteiger partial charge in [0.05, 0.1) is 5.41 Å². The molecule has 74 valence electrons. The predicted molar refractivity (Wildman–Crippen MR) is 47.2 cm³/mol. The van der Waals surface area contributed by atoms with Crippen LogP contribution in [0.3, 0.4) is 0 Å². The second-order valence-corrected chi connectivity index (χ2v) is 3.87. The highest BCUT2D eigenvalue weighted by Crippen LogP contribution is 2.38. The number of aliphatic carboxylic acids is 1. The van der Waals surface area contributed by atoms with E-state index >= 15 is 0 Å². The van der Waals surface area contributed by atoms with E-state index in [-0.39, 0.29) is 11.9 Å². The molecule has 0 aromatic carbocycles. The van der Waals surface area contributed by atoms with Gasteiger partial charge in [-0.05, 0) is 19.8 Å². The molecule has 2 N–H and O–H groups in total. The van der Waals surface area contributed by atoms with Crippen LogP contribution in [-0.2, 0) is 9.59 Å². The summed E-state index contributed by atoms with van der Waals surface area (Å²) in [5.74, 6) is -0.969. The molecule has 2 unspecified atom stereocenters. The van der Waals surface area contributed by atoms with Crippen molar-refractivity contribution in [3.05, 3.63) is 0 Å². The summed E-state index contributed by atoms with van der Waals surface area (Å²) in [6, 6.07) is -0.206. The Labute approximate surface area is 77.3 Å². The fraction of sp³-hybridized carbons (Fsp3) is 0.778. The number of hydrogen-bond donors (Lipinski definition) is 2. The van der Waals surface area contributed by atoms with Crippen molar-refractivity contribution in [1.82, 2.24) is 5.32 Å². The number of nitrogens with one attached hydrogen (secondary N) is 1. The molecule has 13 heavy (non-hydrogen) atoms. The van der Waals surface area contributed by atoms with E-state index in [0.29, 0.717) is 6.42 Å². The van der Waals surface area contributed by atoms with E-state index in [9.17, 15) is 9.59 Å². The summed E-state index contributed by atoms with van der Waals surface area (Å²) in [5.41, 5.74) is -0.772. The van der Waals surface area contributed by atoms with Gasteiger partial charge in [-0.3, -0.25) is 9.59 Å². The zero-order chi connectivity index (χ0) is 10.1. The lowest BCUT2D eigenvalue weighted by molar-refractivity contribution is -0.149. The van der Waals surface area contributed by atoms with Crippen LogP contribution >= 0.6 is 0 Å². The van der Waals surface area contributed by atoms with Crippen LogP contribution in [0.2, 0.25) is 0 Å². The van der Waals surface area contributed by atoms with Crippen molar-refractivity contribution >= 4 is 11.9 Å². The zero-order valence-electron chi connectivity index (χ0n) is 7.96. The molecular formula is C9H15NO3. The number of amides is 1. The Morgan fingerprint density at radius 2 is 2.15 bits per heavy atom. The zero-order valence-corrected chi connectivity index (χ0v) is 7.96. The highest BCUT2D eigenvalue weighted by molar-refractivity contribution is 5.78. The van der Waals surface area contributed by atoms with Crippen LogP contribution in [0, 0.1) is 5.41 Å². The van der Waals surface area contributed by atoms with Crippen LogP contribution < -0.4 is 5.32 Å². The van der Waals surface area contributed by atoms with Gasteiger partial charge >= 0.3 is 5.97 Å². The minimum Gasteiger partial charge on any atom is -0.481 e. The minimum absolute atomic E-state index is 0.153. The van der Waals surface area contributed by atoms with Gasteiger partial charge in [-0.15, -0.1) is 0 Å². The van der Waals surface area contributed by atoms with Crippen LogP contribution in [0.25, 0.3) is 0 Å². The molecule has 1 fully saturated rings. The molecule has 4 nitrogen and oxygen atoms in total. The van der Waals surface area contributed by atoms with Crippen molar-refractivity contribution in [3.8, 4) is 0 Å². The maximum Gasteiger partial charge on any atom is 0.311 e. The summed E-state index contributed by atoms with van der Waals surface area (Å²) in [6.45, 7) is 3.11. The molecule has 2 atom stereocenters. The lowest BCUT2D eigenvalue weighted by Gasteiger charge is -2.27. The van der Waals surface area contributed by atoms with E-state index in [4.69, 9.17) is 5.11 Å². The standard InChI is InChI=1S/C9H15NO3/c1-6(11)10-7-4-3-5-9(7,2)8(12)13/h7H,3-5H2,1-2H3,(H,10,11)(H,12,13). The molecule has 0 bridgehead atoms. The Morgan fingerprint density at radius 3 is 2.62 bits per heavy atom. The topological polar surface area (TPSA) is 66.4 Å². The number of hydrogen-bond acceptors (Lipinski definition) is 2. The average molecular weight is 185 g/mol. The summed E-state index contributed by atoms with van der Waals surface area (Å²) in [4.78, 5) is 21.8. The summed E-state index contributed by atoms with van der Waals surface area (Å²) in [6.07, 6.45) is 2.28. The second-order valence-electron chi connectivity index (χ2n) is 3.87. The van der Waals surface area contributed by atoms with Gasteiger partial charge in [-0.2, -0.15) is 0 Å². The monoisotopic (exact) mass is 185 g/mol. The van der Waals surface area contributed by atoms with Crippen LogP contribution in [-0.4, -0.2) is 23.0 Å². The molecule has 0 spiro atoms. The lowest BCUT2D eigenvalue weighted by Crippen LogP contribution is -2.46. The lowest BCUT2D eigenvalue weighted by atomic mass is 9.85. The van der Waals surface area contributed by atoms with Crippen molar-refractivity contribution in [2.24, 2.45) is 5.41 Å². The van der Waals surface area contributed by atoms with E-state index in [0.717, 1.165) is 12.8 Å². The molecule has 4 heteroatoms. The predicted octanol–water partition coefficient (Wildman–Crippen LogP) is 0.766. The number of carboxylic acid groups (broad SMARTS) is 1. The first kappa shape index (κ1) is 10.0. The quantitative estimate of drug-likeness (QED) is 0.667. The third-order valence-corrected chi connectivity index (χ3v) is 2.82. The van der Waals surface area contributed by atoms with Crippen molar-refractivity contribution in [1.29, 1.82) is 0 Å². The molecule has 1 aliphatic rings. The number of carbonyl (C=O) groups is 2. The highest BCUT2D eigenvalue weighted by Gasteiger charge is 2.45. The van der Waals surface area contributed by atoms with E-state index in [1.165, 1.54) is 6.92 Å². The maximum atomic E-state index is 11.0. The molecule has 0 saturated heterocycles. The normalized spacial score (nSPS) is 32.9. The maximum absolute atomic E-state index is 11.0. The largest absolute Gasteiger partial charge is 0.481 e. The number of carboxylic acids is 1. The summed E-state index contributed by atoms with van der Waals surface area (Å²) < 4.78 is 0. The van der Waals surface area contributed by atoms with Crippen molar-refractivity contribution < 1.29 is 14.7 Å². The first-order valence-electron chi connectivity index (χ1n) is 4.47. The number of rotatable bonds is 2. The Morgan fingerprint density at radius 1 is 1.54 bits per heavy atom. The van der Waals surface area contributed by atoms with E-state index in [2.05, 4.69) is 5.32 Å². The average Bonchev–Trinajstić information content (AvgIpc) is 2.33. The molecule has 0 aromatic heterocycles. The van der Waals surface area contributed by atoms with Crippen molar-refractivity contribution in [2.75, 3.05) is 0 Å². The van der Waals surface area contributed by atoms with Gasteiger partial charge in [0, 0.05) is 13.0 Å². The molecule has 1 saturated carbocycles. The molecule has 0 heterocycles. The summed E-state index contributed by atoms with van der Waals surface area (Å²) >= 11 is 0. The van der Waals surface area contributed by atoms with E-state index in [1.807, 2.05) is 0 Å². The molecule has 0 aliphatic heterocycles. The van der Waals surface area contributed by atoms with Gasteiger partial charge in [0.15, 0.2) is 0 Å². The van der Waals surface area contributed by atoms with Crippen LogP contribution in [0.5, 0.6) is 0 Å². The Hall–Kier alpha value is -1.06. The van der Waals surface area contributed by atoms with Gasteiger partial charge in [-0.25, -0.2) is 0 Å². The summed E-state index contributed by atoms with van der Waals surface area (Å²) in [5, 5.41) is 11.7. The van der Waals surface area contributed by atoms with Gasteiger partial charge in [0.2, 0.25) is 5.91 Å². The third kappa shape index (κ3) is 1.82. The first-order chi connectivity index (χ1) is 5.97. The molecule has 0 radical (unpaired) electrons. The minimum atomic E-state index is -0.816. The molecule has 0 aromatic rings. The second kappa shape index (κ2) is 3.36. The van der Waals surface area contributed by atoms with E-state index in [1.54, 1.807) is 6.92 Å². The number of carbonyl (C=O) groups excluding carboxylic acids is 1. The van der Waals surface area contributed by atoms with Crippen LogP contribution in [0.4, 0.5) is 0 Å². The van der Waals surface area contributed by atoms with E-state index < -0.39 is 11.4 Å². The van der Waals surface area contributed by atoms with Crippen LogP contribution in [0.1, 0.15) is 33.1 Å². The Balaban J connectivity index is 2.73. The van der Waals surface area contributed by atoms with Gasteiger partial charge in [-0.1, -0.05) is 6.42 Å². The van der Waals surface area contributed by atoms with Gasteiger partial charge in [0.1, 0.15) is 0 Å². The van der Waals surface area contributed by atoms with Gasteiger partial charge < -0.3 is 10.4 Å². The third-order valence-electron chi connectivity index (χ3n) is 2.82. The van der Waals surface area contributed by atoms with Crippen molar-refractivity contribution in [2.45, 2.75) is 39.2 Å². The Bertz CT molecular complexity index is 239. The fourth-order valence-electron chi connectivity index (χ4n) is 1.90. The SMILES string of the molecule is CC(=O)NC1CCCC1(C)C(=O)O. The molecule has 1 amide bonds. The fourth-order valence-corrected chi connectivity index (χ4v) is 1.90.